The van der Waals surface area contributed by atoms with E-state index in [4.69, 9.17) is 4.42 Å². The van der Waals surface area contributed by atoms with Crippen LogP contribution < -0.4 is 5.32 Å². The van der Waals surface area contributed by atoms with Crippen LogP contribution in [-0.2, 0) is 6.54 Å². The molecule has 25 heavy (non-hydrogen) atoms. The molecule has 1 aromatic carbocycles. The van der Waals surface area contributed by atoms with Gasteiger partial charge in [-0.3, -0.25) is 4.79 Å². The minimum atomic E-state index is -0.225. The van der Waals surface area contributed by atoms with Crippen LogP contribution in [0, 0.1) is 6.92 Å². The van der Waals surface area contributed by atoms with Crippen LogP contribution in [0.3, 0.4) is 0 Å². The van der Waals surface area contributed by atoms with Crippen LogP contribution in [0.15, 0.2) is 40.8 Å². The number of amides is 2. The summed E-state index contributed by atoms with van der Waals surface area (Å²) in [6, 6.07) is 10.5. The van der Waals surface area contributed by atoms with Crippen molar-refractivity contribution < 1.29 is 14.0 Å². The number of anilines is 1. The number of carbonyl (C=O) groups excluding carboxylic acids is 2. The number of hydrogen-bond donors (Lipinski definition) is 1. The summed E-state index contributed by atoms with van der Waals surface area (Å²) in [6.07, 6.45) is 0. The van der Waals surface area contributed by atoms with Gasteiger partial charge in [0.05, 0.1) is 6.54 Å². The lowest BCUT2D eigenvalue weighted by molar-refractivity contribution is 0.101. The highest BCUT2D eigenvalue weighted by Crippen LogP contribution is 2.14. The summed E-state index contributed by atoms with van der Waals surface area (Å²) in [5.74, 6) is 1.52. The van der Waals surface area contributed by atoms with Gasteiger partial charge in [-0.15, -0.1) is 0 Å². The molecule has 6 heteroatoms. The van der Waals surface area contributed by atoms with Crippen LogP contribution in [0.4, 0.5) is 10.5 Å². The fourth-order valence-electron chi connectivity index (χ4n) is 2.35. The minimum Gasteiger partial charge on any atom is -0.464 e. The highest BCUT2D eigenvalue weighted by atomic mass is 16.3. The van der Waals surface area contributed by atoms with E-state index in [9.17, 15) is 9.59 Å². The van der Waals surface area contributed by atoms with Gasteiger partial charge in [-0.2, -0.15) is 0 Å². The third kappa shape index (κ3) is 5.76. The predicted molar refractivity (Wildman–Crippen MR) is 97.9 cm³/mol. The summed E-state index contributed by atoms with van der Waals surface area (Å²) < 4.78 is 5.59. The monoisotopic (exact) mass is 343 g/mol. The van der Waals surface area contributed by atoms with Crippen molar-refractivity contribution in [2.75, 3.05) is 32.5 Å². The fourth-order valence-corrected chi connectivity index (χ4v) is 2.35. The molecule has 0 saturated heterocycles. The average Bonchev–Trinajstić information content (AvgIpc) is 2.96. The summed E-state index contributed by atoms with van der Waals surface area (Å²) in [5, 5.41) is 2.86. The van der Waals surface area contributed by atoms with Gasteiger partial charge in [0.15, 0.2) is 5.78 Å². The first-order valence-corrected chi connectivity index (χ1v) is 8.22. The second-order valence-corrected chi connectivity index (χ2v) is 6.30. The van der Waals surface area contributed by atoms with Crippen LogP contribution in [0.25, 0.3) is 0 Å². The standard InChI is InChI=1S/C19H25N3O3/c1-14-8-9-18(25-14)13-22(11-10-21(3)4)19(24)20-17-7-5-6-16(12-17)15(2)23/h5-9,12H,10-11,13H2,1-4H3,(H,20,24). The molecular weight excluding hydrogens is 318 g/mol. The third-order valence-corrected chi connectivity index (χ3v) is 3.77. The van der Waals surface area contributed by atoms with Gasteiger partial charge in [0.2, 0.25) is 0 Å². The number of ketones is 1. The SMILES string of the molecule is CC(=O)c1cccc(NC(=O)N(CCN(C)C)Cc2ccc(C)o2)c1. The van der Waals surface area contributed by atoms with E-state index in [1.807, 2.05) is 38.1 Å². The van der Waals surface area contributed by atoms with Gasteiger partial charge < -0.3 is 19.5 Å². The lowest BCUT2D eigenvalue weighted by atomic mass is 10.1. The molecule has 0 spiro atoms. The Bertz CT molecular complexity index is 737. The molecule has 0 aliphatic rings. The van der Waals surface area contributed by atoms with Gasteiger partial charge in [0.25, 0.3) is 0 Å². The van der Waals surface area contributed by atoms with Crippen molar-refractivity contribution in [3.63, 3.8) is 0 Å². The zero-order valence-electron chi connectivity index (χ0n) is 15.2. The van der Waals surface area contributed by atoms with Gasteiger partial charge in [-0.25, -0.2) is 4.79 Å². The number of carbonyl (C=O) groups is 2. The summed E-state index contributed by atoms with van der Waals surface area (Å²) in [6.45, 7) is 5.07. The summed E-state index contributed by atoms with van der Waals surface area (Å²) in [5.41, 5.74) is 1.17. The van der Waals surface area contributed by atoms with Gasteiger partial charge in [-0.1, -0.05) is 12.1 Å². The molecule has 134 valence electrons. The number of rotatable bonds is 7. The Morgan fingerprint density at radius 3 is 2.48 bits per heavy atom. The lowest BCUT2D eigenvalue weighted by Crippen LogP contribution is -2.38. The topological polar surface area (TPSA) is 65.8 Å². The molecule has 1 aromatic heterocycles. The first-order chi connectivity index (χ1) is 11.8. The van der Waals surface area contributed by atoms with Crippen molar-refractivity contribution in [1.29, 1.82) is 0 Å². The number of furan rings is 1. The van der Waals surface area contributed by atoms with Gasteiger partial charge in [-0.05, 0) is 52.2 Å². The summed E-state index contributed by atoms with van der Waals surface area (Å²) >= 11 is 0. The van der Waals surface area contributed by atoms with Gasteiger partial charge >= 0.3 is 6.03 Å². The Morgan fingerprint density at radius 1 is 1.12 bits per heavy atom. The quantitative estimate of drug-likeness (QED) is 0.783. The first-order valence-electron chi connectivity index (χ1n) is 8.22. The molecule has 0 unspecified atom stereocenters. The van der Waals surface area contributed by atoms with Crippen LogP contribution in [0.5, 0.6) is 0 Å². The molecule has 2 aromatic rings. The Kier molecular flexibility index (Phi) is 6.36. The second kappa shape index (κ2) is 8.48. The molecule has 0 saturated carbocycles. The highest BCUT2D eigenvalue weighted by Gasteiger charge is 2.16. The molecular formula is C19H25N3O3. The van der Waals surface area contributed by atoms with Crippen molar-refractivity contribution in [2.24, 2.45) is 0 Å². The van der Waals surface area contributed by atoms with E-state index in [0.29, 0.717) is 24.3 Å². The summed E-state index contributed by atoms with van der Waals surface area (Å²) in [4.78, 5) is 27.9. The maximum absolute atomic E-state index is 12.7. The highest BCUT2D eigenvalue weighted by molar-refractivity contribution is 5.96. The molecule has 2 rings (SSSR count). The average molecular weight is 343 g/mol. The van der Waals surface area contributed by atoms with E-state index in [2.05, 4.69) is 5.32 Å². The Hall–Kier alpha value is -2.60. The second-order valence-electron chi connectivity index (χ2n) is 6.30. The molecule has 1 N–H and O–H groups in total. The van der Waals surface area contributed by atoms with Gasteiger partial charge in [0, 0.05) is 24.3 Å². The zero-order valence-corrected chi connectivity index (χ0v) is 15.2. The molecule has 2 amide bonds. The molecule has 0 radical (unpaired) electrons. The fraction of sp³-hybridized carbons (Fsp3) is 0.368. The zero-order chi connectivity index (χ0) is 18.4. The number of benzene rings is 1. The number of hydrogen-bond acceptors (Lipinski definition) is 4. The van der Waals surface area contributed by atoms with Crippen molar-refractivity contribution >= 4 is 17.5 Å². The van der Waals surface area contributed by atoms with E-state index < -0.39 is 0 Å². The first kappa shape index (κ1) is 18.7. The summed E-state index contributed by atoms with van der Waals surface area (Å²) in [7, 11) is 3.92. The number of likely N-dealkylation sites (N-methyl/N-ethyl adjacent to an activating group) is 1. The lowest BCUT2D eigenvalue weighted by Gasteiger charge is -2.24. The van der Waals surface area contributed by atoms with Crippen LogP contribution in [0.1, 0.15) is 28.8 Å². The van der Waals surface area contributed by atoms with Gasteiger partial charge in [0.1, 0.15) is 11.5 Å². The van der Waals surface area contributed by atoms with Crippen molar-refractivity contribution in [1.82, 2.24) is 9.80 Å². The minimum absolute atomic E-state index is 0.0355. The number of nitrogens with zero attached hydrogens (tertiary/aromatic N) is 2. The van der Waals surface area contributed by atoms with Crippen molar-refractivity contribution in [3.8, 4) is 0 Å². The number of nitrogens with one attached hydrogen (secondary N) is 1. The smallest absolute Gasteiger partial charge is 0.322 e. The molecule has 0 aliphatic heterocycles. The normalized spacial score (nSPS) is 10.8. The van der Waals surface area contributed by atoms with E-state index in [0.717, 1.165) is 18.1 Å². The predicted octanol–water partition coefficient (Wildman–Crippen LogP) is 3.39. The maximum atomic E-state index is 12.7. The number of urea groups is 1. The third-order valence-electron chi connectivity index (χ3n) is 3.77. The Labute approximate surface area is 148 Å². The molecule has 1 heterocycles. The van der Waals surface area contributed by atoms with Crippen molar-refractivity contribution in [3.05, 3.63) is 53.5 Å². The van der Waals surface area contributed by atoms with E-state index >= 15 is 0 Å². The van der Waals surface area contributed by atoms with E-state index in [1.165, 1.54) is 6.92 Å². The molecule has 0 fully saturated rings. The van der Waals surface area contributed by atoms with E-state index in [1.54, 1.807) is 29.2 Å². The molecule has 6 nitrogen and oxygen atoms in total. The Balaban J connectivity index is 2.10. The van der Waals surface area contributed by atoms with E-state index in [-0.39, 0.29) is 11.8 Å². The number of Topliss-reactive ketones (excluding diaryl/α,β-unsaturated/α-hetero) is 1. The van der Waals surface area contributed by atoms with Crippen LogP contribution in [-0.4, -0.2) is 48.8 Å². The molecule has 0 atom stereocenters. The van der Waals surface area contributed by atoms with Crippen molar-refractivity contribution in [2.45, 2.75) is 20.4 Å². The number of aryl methyl sites for hydroxylation is 1. The molecule has 0 aliphatic carbocycles. The Morgan fingerprint density at radius 2 is 1.88 bits per heavy atom. The largest absolute Gasteiger partial charge is 0.464 e. The maximum Gasteiger partial charge on any atom is 0.322 e. The van der Waals surface area contributed by atoms with Crippen LogP contribution >= 0.6 is 0 Å². The molecule has 0 bridgehead atoms. The van der Waals surface area contributed by atoms with Crippen LogP contribution in [0.2, 0.25) is 0 Å².